The van der Waals surface area contributed by atoms with Gasteiger partial charge in [-0.2, -0.15) is 13.2 Å². The molecule has 1 heterocycles. The Labute approximate surface area is 213 Å². The number of rotatable bonds is 5. The van der Waals surface area contributed by atoms with Gasteiger partial charge in [-0.25, -0.2) is 8.42 Å². The standard InChI is InChI=1S/C26H16ClF3N2O4S/c27-22-11-8-17(13-21(22)26(28,29)30)32-37(34,35)18-9-6-16(7-10-18)31-25(33)24-14-20-19-4-2-1-3-15(19)5-12-23(20)36-24/h1-14,32H,(H,31,33). The number of alkyl halides is 3. The number of hydrogen-bond acceptors (Lipinski definition) is 4. The number of hydrogen-bond donors (Lipinski definition) is 2. The molecule has 0 atom stereocenters. The van der Waals surface area contributed by atoms with Gasteiger partial charge in [0.1, 0.15) is 5.58 Å². The molecule has 0 radical (unpaired) electrons. The SMILES string of the molecule is O=C(Nc1ccc(S(=O)(=O)Nc2ccc(Cl)c(C(F)(F)F)c2)cc1)c1cc2c(ccc3ccccc32)o1. The Morgan fingerprint density at radius 1 is 0.838 bits per heavy atom. The molecule has 0 aliphatic carbocycles. The van der Waals surface area contributed by atoms with Crippen LogP contribution < -0.4 is 10.0 Å². The normalized spacial score (nSPS) is 12.1. The minimum atomic E-state index is -4.74. The molecule has 0 spiro atoms. The topological polar surface area (TPSA) is 88.4 Å². The molecule has 0 bridgehead atoms. The molecule has 0 saturated heterocycles. The highest BCUT2D eigenvalue weighted by Gasteiger charge is 2.33. The average Bonchev–Trinajstić information content (AvgIpc) is 3.30. The van der Waals surface area contributed by atoms with Crippen molar-refractivity contribution in [2.75, 3.05) is 10.0 Å². The third kappa shape index (κ3) is 4.98. The number of benzene rings is 4. The summed E-state index contributed by atoms with van der Waals surface area (Å²) in [5, 5.41) is 4.81. The number of amides is 1. The predicted molar refractivity (Wildman–Crippen MR) is 135 cm³/mol. The third-order valence-electron chi connectivity index (χ3n) is 5.60. The summed E-state index contributed by atoms with van der Waals surface area (Å²) in [4.78, 5) is 12.5. The molecular weight excluding hydrogens is 529 g/mol. The molecule has 6 nitrogen and oxygen atoms in total. The van der Waals surface area contributed by atoms with Crippen LogP contribution in [-0.2, 0) is 16.2 Å². The average molecular weight is 545 g/mol. The minimum absolute atomic E-state index is 0.0768. The molecule has 5 aromatic rings. The fraction of sp³-hybridized carbons (Fsp3) is 0.0385. The van der Waals surface area contributed by atoms with Crippen LogP contribution in [0.2, 0.25) is 5.02 Å². The Kier molecular flexibility index (Phi) is 6.09. The zero-order valence-electron chi connectivity index (χ0n) is 18.6. The van der Waals surface area contributed by atoms with Crippen molar-refractivity contribution in [3.05, 3.63) is 101 Å². The molecule has 0 fully saturated rings. The van der Waals surface area contributed by atoms with E-state index in [1.165, 1.54) is 24.3 Å². The summed E-state index contributed by atoms with van der Waals surface area (Å²) >= 11 is 5.58. The van der Waals surface area contributed by atoms with Gasteiger partial charge in [0.05, 0.1) is 15.5 Å². The van der Waals surface area contributed by atoms with Gasteiger partial charge in [0, 0.05) is 16.8 Å². The number of anilines is 2. The van der Waals surface area contributed by atoms with Crippen LogP contribution in [0.15, 0.2) is 94.2 Å². The molecule has 0 aliphatic heterocycles. The molecule has 4 aromatic carbocycles. The zero-order chi connectivity index (χ0) is 26.4. The fourth-order valence-electron chi connectivity index (χ4n) is 3.83. The van der Waals surface area contributed by atoms with Gasteiger partial charge in [0.25, 0.3) is 15.9 Å². The lowest BCUT2D eigenvalue weighted by atomic mass is 10.1. The van der Waals surface area contributed by atoms with E-state index in [9.17, 15) is 26.4 Å². The summed E-state index contributed by atoms with van der Waals surface area (Å²) in [6.07, 6.45) is -4.74. The number of halogens is 4. The Balaban J connectivity index is 1.33. The van der Waals surface area contributed by atoms with Gasteiger partial charge in [-0.15, -0.1) is 0 Å². The van der Waals surface area contributed by atoms with E-state index >= 15 is 0 Å². The number of carbonyl (C=O) groups excluding carboxylic acids is 1. The van der Waals surface area contributed by atoms with E-state index in [2.05, 4.69) is 10.0 Å². The Morgan fingerprint density at radius 2 is 1.54 bits per heavy atom. The predicted octanol–water partition coefficient (Wildman–Crippen LogP) is 7.31. The van der Waals surface area contributed by atoms with Crippen LogP contribution in [0.3, 0.4) is 0 Å². The molecule has 2 N–H and O–H groups in total. The van der Waals surface area contributed by atoms with Gasteiger partial charge in [-0.1, -0.05) is 41.9 Å². The highest BCUT2D eigenvalue weighted by Crippen LogP contribution is 2.36. The first-order valence-corrected chi connectivity index (χ1v) is 12.6. The van der Waals surface area contributed by atoms with E-state index in [-0.39, 0.29) is 16.3 Å². The maximum Gasteiger partial charge on any atom is 0.417 e. The summed E-state index contributed by atoms with van der Waals surface area (Å²) in [6, 6.07) is 20.8. The molecule has 0 saturated carbocycles. The third-order valence-corrected chi connectivity index (χ3v) is 7.32. The van der Waals surface area contributed by atoms with Crippen LogP contribution >= 0.6 is 11.6 Å². The van der Waals surface area contributed by atoms with Crippen molar-refractivity contribution in [3.8, 4) is 0 Å². The molecule has 1 amide bonds. The van der Waals surface area contributed by atoms with Crippen LogP contribution in [-0.4, -0.2) is 14.3 Å². The van der Waals surface area contributed by atoms with Crippen molar-refractivity contribution >= 4 is 60.6 Å². The van der Waals surface area contributed by atoms with Crippen molar-refractivity contribution in [1.82, 2.24) is 0 Å². The van der Waals surface area contributed by atoms with E-state index in [4.69, 9.17) is 16.0 Å². The van der Waals surface area contributed by atoms with Crippen molar-refractivity contribution in [2.24, 2.45) is 0 Å². The number of fused-ring (bicyclic) bond motifs is 3. The number of sulfonamides is 1. The highest BCUT2D eigenvalue weighted by molar-refractivity contribution is 7.92. The number of furan rings is 1. The maximum absolute atomic E-state index is 13.1. The second kappa shape index (κ2) is 9.13. The first kappa shape index (κ1) is 24.7. The lowest BCUT2D eigenvalue weighted by molar-refractivity contribution is -0.137. The van der Waals surface area contributed by atoms with Crippen LogP contribution in [0.1, 0.15) is 16.1 Å². The van der Waals surface area contributed by atoms with Gasteiger partial charge in [0.2, 0.25) is 0 Å². The van der Waals surface area contributed by atoms with Gasteiger partial charge >= 0.3 is 6.18 Å². The van der Waals surface area contributed by atoms with Gasteiger partial charge in [-0.3, -0.25) is 9.52 Å². The molecule has 1 aromatic heterocycles. The molecule has 0 aliphatic rings. The fourth-order valence-corrected chi connectivity index (χ4v) is 5.11. The van der Waals surface area contributed by atoms with Crippen molar-refractivity contribution in [3.63, 3.8) is 0 Å². The highest BCUT2D eigenvalue weighted by atomic mass is 35.5. The molecule has 5 rings (SSSR count). The second-order valence-corrected chi connectivity index (χ2v) is 10.2. The Bertz CT molecular complexity index is 1770. The van der Waals surface area contributed by atoms with Crippen LogP contribution in [0, 0.1) is 0 Å². The summed E-state index contributed by atoms with van der Waals surface area (Å²) in [6.45, 7) is 0. The monoisotopic (exact) mass is 544 g/mol. The maximum atomic E-state index is 13.1. The summed E-state index contributed by atoms with van der Waals surface area (Å²) in [7, 11) is -4.22. The quantitative estimate of drug-likeness (QED) is 0.243. The van der Waals surface area contributed by atoms with Crippen molar-refractivity contribution in [1.29, 1.82) is 0 Å². The Morgan fingerprint density at radius 3 is 2.27 bits per heavy atom. The molecule has 37 heavy (non-hydrogen) atoms. The van der Waals surface area contributed by atoms with E-state index in [0.29, 0.717) is 17.3 Å². The number of nitrogens with one attached hydrogen (secondary N) is 2. The van der Waals surface area contributed by atoms with Gasteiger partial charge in [-0.05, 0) is 65.4 Å². The van der Waals surface area contributed by atoms with Crippen LogP contribution in [0.25, 0.3) is 21.7 Å². The first-order valence-electron chi connectivity index (χ1n) is 10.7. The summed E-state index contributed by atoms with van der Waals surface area (Å²) < 4.78 is 72.4. The molecular formula is C26H16ClF3N2O4S. The second-order valence-electron chi connectivity index (χ2n) is 8.09. The van der Waals surface area contributed by atoms with Crippen LogP contribution in [0.4, 0.5) is 24.5 Å². The van der Waals surface area contributed by atoms with Crippen LogP contribution in [0.5, 0.6) is 0 Å². The van der Waals surface area contributed by atoms with E-state index in [0.717, 1.165) is 28.3 Å². The lowest BCUT2D eigenvalue weighted by Gasteiger charge is -2.13. The smallest absolute Gasteiger partial charge is 0.417 e. The Hall–Kier alpha value is -4.02. The first-order chi connectivity index (χ1) is 17.5. The lowest BCUT2D eigenvalue weighted by Crippen LogP contribution is -2.15. The van der Waals surface area contributed by atoms with E-state index in [1.807, 2.05) is 30.3 Å². The zero-order valence-corrected chi connectivity index (χ0v) is 20.2. The van der Waals surface area contributed by atoms with E-state index in [1.54, 1.807) is 12.1 Å². The van der Waals surface area contributed by atoms with Gasteiger partial charge in [0.15, 0.2) is 5.76 Å². The van der Waals surface area contributed by atoms with Crippen molar-refractivity contribution in [2.45, 2.75) is 11.1 Å². The number of carbonyl (C=O) groups is 1. The molecule has 188 valence electrons. The largest absolute Gasteiger partial charge is 0.451 e. The molecule has 11 heteroatoms. The van der Waals surface area contributed by atoms with Crippen molar-refractivity contribution < 1.29 is 30.8 Å². The summed E-state index contributed by atoms with van der Waals surface area (Å²) in [5.74, 6) is -0.456. The van der Waals surface area contributed by atoms with Gasteiger partial charge < -0.3 is 9.73 Å². The van der Waals surface area contributed by atoms with E-state index < -0.39 is 32.7 Å². The minimum Gasteiger partial charge on any atom is -0.451 e. The summed E-state index contributed by atoms with van der Waals surface area (Å²) in [5.41, 5.74) is -0.620. The molecule has 0 unspecified atom stereocenters.